The molecule has 0 bridgehead atoms. The first-order valence-corrected chi connectivity index (χ1v) is 11.3. The number of nitrogens with zero attached hydrogens (tertiary/aromatic N) is 2. The lowest BCUT2D eigenvalue weighted by molar-refractivity contribution is 0.104. The van der Waals surface area contributed by atoms with Crippen LogP contribution < -0.4 is 5.14 Å². The van der Waals surface area contributed by atoms with Gasteiger partial charge in [0.05, 0.1) is 10.4 Å². The first-order chi connectivity index (χ1) is 15.7. The summed E-state index contributed by atoms with van der Waals surface area (Å²) >= 11 is 0. The predicted molar refractivity (Wildman–Crippen MR) is 122 cm³/mol. The van der Waals surface area contributed by atoms with E-state index in [-0.39, 0.29) is 10.7 Å². The number of aromatic nitrogens is 3. The second kappa shape index (κ2) is 7.40. The fourth-order valence-corrected chi connectivity index (χ4v) is 4.44. The molecule has 0 saturated carbocycles. The zero-order valence-electron chi connectivity index (χ0n) is 16.9. The molecule has 0 amide bonds. The molecule has 3 aromatic heterocycles. The molecule has 33 heavy (non-hydrogen) atoms. The van der Waals surface area contributed by atoms with Crippen molar-refractivity contribution >= 4 is 43.8 Å². The summed E-state index contributed by atoms with van der Waals surface area (Å²) in [6.45, 7) is 0. The third-order valence-corrected chi connectivity index (χ3v) is 6.37. The minimum absolute atomic E-state index is 0.0277. The van der Waals surface area contributed by atoms with Gasteiger partial charge in [-0.3, -0.25) is 9.36 Å². The molecule has 0 unspecified atom stereocenters. The Bertz CT molecular complexity index is 1700. The van der Waals surface area contributed by atoms with Crippen LogP contribution in [0.2, 0.25) is 0 Å². The smallest absolute Gasteiger partial charge is 0.415 e. The summed E-state index contributed by atoms with van der Waals surface area (Å²) in [6, 6.07) is 14.4. The second-order valence-corrected chi connectivity index (χ2v) is 8.99. The Morgan fingerprint density at radius 2 is 1.76 bits per heavy atom. The van der Waals surface area contributed by atoms with Crippen molar-refractivity contribution in [3.63, 3.8) is 0 Å². The van der Waals surface area contributed by atoms with Gasteiger partial charge in [0.15, 0.2) is 5.78 Å². The van der Waals surface area contributed by atoms with E-state index in [1.807, 2.05) is 0 Å². The van der Waals surface area contributed by atoms with Gasteiger partial charge in [-0.2, -0.15) is 0 Å². The van der Waals surface area contributed by atoms with Crippen LogP contribution in [0.1, 0.15) is 15.9 Å². The van der Waals surface area contributed by atoms with Crippen LogP contribution in [0.25, 0.3) is 33.1 Å². The van der Waals surface area contributed by atoms with Crippen molar-refractivity contribution < 1.29 is 23.1 Å². The van der Waals surface area contributed by atoms with Crippen LogP contribution in [0.5, 0.6) is 0 Å². The van der Waals surface area contributed by atoms with Gasteiger partial charge >= 0.3 is 6.09 Å². The summed E-state index contributed by atoms with van der Waals surface area (Å²) in [5.41, 5.74) is 2.80. The number of H-pyrrole nitrogens is 1. The van der Waals surface area contributed by atoms with Crippen LogP contribution >= 0.6 is 0 Å². The first-order valence-electron chi connectivity index (χ1n) is 9.72. The van der Waals surface area contributed by atoms with Crippen molar-refractivity contribution in [1.29, 1.82) is 0 Å². The molecule has 0 atom stereocenters. The van der Waals surface area contributed by atoms with Gasteiger partial charge in [0.1, 0.15) is 5.65 Å². The number of aromatic amines is 1. The highest BCUT2D eigenvalue weighted by molar-refractivity contribution is 7.89. The number of carbonyl (C=O) groups excluding carboxylic acids is 1. The van der Waals surface area contributed by atoms with Gasteiger partial charge in [-0.1, -0.05) is 24.3 Å². The number of sulfonamides is 1. The lowest BCUT2D eigenvalue weighted by atomic mass is 9.99. The van der Waals surface area contributed by atoms with Crippen molar-refractivity contribution in [3.05, 3.63) is 84.3 Å². The van der Waals surface area contributed by atoms with Gasteiger partial charge in [0.25, 0.3) is 0 Å². The summed E-state index contributed by atoms with van der Waals surface area (Å²) in [5.74, 6) is -0.299. The van der Waals surface area contributed by atoms with E-state index in [9.17, 15) is 23.1 Å². The van der Waals surface area contributed by atoms with Gasteiger partial charge in [-0.25, -0.2) is 23.3 Å². The number of rotatable bonds is 4. The molecule has 10 heteroatoms. The average molecular weight is 460 g/mol. The number of nitrogens with two attached hydrogens (primary N) is 1. The largest absolute Gasteiger partial charge is 0.464 e. The van der Waals surface area contributed by atoms with Gasteiger partial charge in [0, 0.05) is 46.1 Å². The maximum atomic E-state index is 13.4. The maximum absolute atomic E-state index is 13.4. The first kappa shape index (κ1) is 20.6. The quantitative estimate of drug-likeness (QED) is 0.349. The number of benzene rings is 2. The lowest BCUT2D eigenvalue weighted by Gasteiger charge is -2.06. The van der Waals surface area contributed by atoms with E-state index in [2.05, 4.69) is 9.97 Å². The number of fused-ring (bicyclic) bond motifs is 2. The fourth-order valence-electron chi connectivity index (χ4n) is 3.88. The van der Waals surface area contributed by atoms with Crippen molar-refractivity contribution in [2.24, 2.45) is 5.14 Å². The molecule has 2 aromatic carbocycles. The zero-order chi connectivity index (χ0) is 23.3. The van der Waals surface area contributed by atoms with E-state index in [4.69, 9.17) is 5.14 Å². The summed E-state index contributed by atoms with van der Waals surface area (Å²) < 4.78 is 24.5. The Kier molecular flexibility index (Phi) is 4.62. The molecular formula is C23H16N4O5S. The van der Waals surface area contributed by atoms with Gasteiger partial charge in [-0.15, -0.1) is 0 Å². The van der Waals surface area contributed by atoms with Gasteiger partial charge < -0.3 is 10.1 Å². The Morgan fingerprint density at radius 1 is 0.970 bits per heavy atom. The summed E-state index contributed by atoms with van der Waals surface area (Å²) in [4.78, 5) is 32.2. The number of primary sulfonamides is 1. The Labute approximate surface area is 187 Å². The molecule has 4 N–H and O–H groups in total. The van der Waals surface area contributed by atoms with Crippen LogP contribution in [0.15, 0.2) is 78.1 Å². The molecule has 5 rings (SSSR count). The van der Waals surface area contributed by atoms with Crippen molar-refractivity contribution in [2.75, 3.05) is 0 Å². The molecule has 0 spiro atoms. The standard InChI is InChI=1S/C23H16N4O5S/c24-33(31,32)15-4-1-3-13(9-15)14-10-18-19(12-26-22(18)25-11-14)21(28)17-5-2-6-20-16(17)7-8-27(20)23(29)30/h1-12H,(H,25,26)(H,29,30)(H2,24,31,32). The number of ketones is 1. The third kappa shape index (κ3) is 3.47. The Morgan fingerprint density at radius 3 is 2.52 bits per heavy atom. The van der Waals surface area contributed by atoms with E-state index in [1.165, 1.54) is 18.3 Å². The summed E-state index contributed by atoms with van der Waals surface area (Å²) in [7, 11) is -3.87. The molecule has 9 nitrogen and oxygen atoms in total. The average Bonchev–Trinajstić information content (AvgIpc) is 3.42. The number of hydrogen-bond donors (Lipinski definition) is 3. The van der Waals surface area contributed by atoms with Crippen LogP contribution in [-0.4, -0.2) is 39.9 Å². The number of carboxylic acid groups (broad SMARTS) is 1. The number of pyridine rings is 1. The fraction of sp³-hybridized carbons (Fsp3) is 0. The Balaban J connectivity index is 1.63. The van der Waals surface area contributed by atoms with Crippen molar-refractivity contribution in [3.8, 4) is 11.1 Å². The lowest BCUT2D eigenvalue weighted by Crippen LogP contribution is -2.11. The monoisotopic (exact) mass is 460 g/mol. The topological polar surface area (TPSA) is 148 Å². The van der Waals surface area contributed by atoms with Crippen LogP contribution in [0.3, 0.4) is 0 Å². The van der Waals surface area contributed by atoms with Crippen LogP contribution in [0, 0.1) is 0 Å². The van der Waals surface area contributed by atoms with E-state index in [1.54, 1.807) is 54.9 Å². The molecule has 3 heterocycles. The molecular weight excluding hydrogens is 444 g/mol. The highest BCUT2D eigenvalue weighted by Gasteiger charge is 2.20. The highest BCUT2D eigenvalue weighted by atomic mass is 32.2. The molecule has 5 aromatic rings. The van der Waals surface area contributed by atoms with E-state index in [0.29, 0.717) is 44.2 Å². The highest BCUT2D eigenvalue weighted by Crippen LogP contribution is 2.29. The molecule has 0 radical (unpaired) electrons. The number of hydrogen-bond acceptors (Lipinski definition) is 5. The second-order valence-electron chi connectivity index (χ2n) is 7.43. The molecule has 164 valence electrons. The van der Waals surface area contributed by atoms with Crippen LogP contribution in [0.4, 0.5) is 4.79 Å². The SMILES string of the molecule is NS(=O)(=O)c1cccc(-c2cnc3[nH]cc(C(=O)c4cccc5c4ccn5C(=O)O)c3c2)c1. The molecule has 0 fully saturated rings. The molecule has 0 aliphatic rings. The molecule has 0 aliphatic carbocycles. The maximum Gasteiger partial charge on any atom is 0.415 e. The third-order valence-electron chi connectivity index (χ3n) is 5.46. The van der Waals surface area contributed by atoms with E-state index < -0.39 is 16.1 Å². The van der Waals surface area contributed by atoms with E-state index >= 15 is 0 Å². The van der Waals surface area contributed by atoms with Crippen LogP contribution in [-0.2, 0) is 10.0 Å². The summed E-state index contributed by atoms with van der Waals surface area (Å²) in [6.07, 6.45) is 3.38. The van der Waals surface area contributed by atoms with Crippen molar-refractivity contribution in [2.45, 2.75) is 4.90 Å². The number of carbonyl (C=O) groups is 2. The molecule has 0 saturated heterocycles. The predicted octanol–water partition coefficient (Wildman–Crippen LogP) is 3.59. The van der Waals surface area contributed by atoms with Crippen molar-refractivity contribution in [1.82, 2.24) is 14.5 Å². The number of nitrogens with one attached hydrogen (secondary N) is 1. The van der Waals surface area contributed by atoms with Gasteiger partial charge in [-0.05, 0) is 35.9 Å². The van der Waals surface area contributed by atoms with Gasteiger partial charge in [0.2, 0.25) is 10.0 Å². The normalized spacial score (nSPS) is 11.8. The van der Waals surface area contributed by atoms with E-state index in [0.717, 1.165) is 4.57 Å². The minimum atomic E-state index is -3.87. The Hall–Kier alpha value is -4.28. The summed E-state index contributed by atoms with van der Waals surface area (Å²) in [5, 5.41) is 15.7. The zero-order valence-corrected chi connectivity index (χ0v) is 17.7. The molecule has 0 aliphatic heterocycles. The minimum Gasteiger partial charge on any atom is -0.464 e.